The van der Waals surface area contributed by atoms with Gasteiger partial charge in [0.2, 0.25) is 5.95 Å². The van der Waals surface area contributed by atoms with Crippen LogP contribution in [0.5, 0.6) is 5.75 Å². The van der Waals surface area contributed by atoms with Gasteiger partial charge in [0.05, 0.1) is 18.1 Å². The summed E-state index contributed by atoms with van der Waals surface area (Å²) in [4.78, 5) is 4.32. The maximum atomic E-state index is 6.03. The second-order valence-electron chi connectivity index (χ2n) is 4.14. The summed E-state index contributed by atoms with van der Waals surface area (Å²) in [6.45, 7) is 0. The topological polar surface area (TPSA) is 53.1 Å². The molecule has 96 valence electrons. The first-order chi connectivity index (χ1) is 9.19. The van der Waals surface area contributed by atoms with E-state index in [1.54, 1.807) is 13.2 Å². The molecule has 0 saturated carbocycles. The molecule has 0 aliphatic carbocycles. The number of halogens is 1. The van der Waals surface area contributed by atoms with E-state index in [1.165, 1.54) is 0 Å². The van der Waals surface area contributed by atoms with E-state index < -0.39 is 0 Å². The lowest BCUT2D eigenvalue weighted by Gasteiger charge is -2.07. The molecule has 4 nitrogen and oxygen atoms in total. The standard InChI is InChI=1S/C14H12ClN3O/c1-19-11-5-3-10(4-6-11)18-13-8-9(15)2-7-12(13)17-14(18)16/h2-8H,1H3,(H2,16,17). The molecule has 0 aliphatic heterocycles. The predicted molar refractivity (Wildman–Crippen MR) is 77.0 cm³/mol. The average Bonchev–Trinajstić information content (AvgIpc) is 2.74. The lowest BCUT2D eigenvalue weighted by Crippen LogP contribution is -2.00. The van der Waals surface area contributed by atoms with E-state index >= 15 is 0 Å². The van der Waals surface area contributed by atoms with Crippen molar-refractivity contribution in [2.45, 2.75) is 0 Å². The van der Waals surface area contributed by atoms with Crippen LogP contribution >= 0.6 is 11.6 Å². The Hall–Kier alpha value is -2.20. The Balaban J connectivity index is 2.22. The predicted octanol–water partition coefficient (Wildman–Crippen LogP) is 3.27. The first kappa shape index (κ1) is 11.9. The van der Waals surface area contributed by atoms with Crippen LogP contribution in [-0.4, -0.2) is 16.7 Å². The normalized spacial score (nSPS) is 10.8. The van der Waals surface area contributed by atoms with Crippen molar-refractivity contribution in [1.29, 1.82) is 0 Å². The van der Waals surface area contributed by atoms with Crippen LogP contribution in [0, 0.1) is 0 Å². The summed E-state index contributed by atoms with van der Waals surface area (Å²) in [5.41, 5.74) is 8.60. The Kier molecular flexibility index (Phi) is 2.80. The second kappa shape index (κ2) is 4.48. The van der Waals surface area contributed by atoms with E-state index in [0.29, 0.717) is 11.0 Å². The van der Waals surface area contributed by atoms with Gasteiger partial charge in [0, 0.05) is 10.7 Å². The number of fused-ring (bicyclic) bond motifs is 1. The molecule has 0 fully saturated rings. The van der Waals surface area contributed by atoms with E-state index in [9.17, 15) is 0 Å². The fraction of sp³-hybridized carbons (Fsp3) is 0.0714. The number of rotatable bonds is 2. The van der Waals surface area contributed by atoms with Crippen molar-refractivity contribution in [3.63, 3.8) is 0 Å². The van der Waals surface area contributed by atoms with Crippen LogP contribution in [0.15, 0.2) is 42.5 Å². The second-order valence-corrected chi connectivity index (χ2v) is 4.57. The van der Waals surface area contributed by atoms with Crippen LogP contribution in [-0.2, 0) is 0 Å². The van der Waals surface area contributed by atoms with E-state index in [2.05, 4.69) is 4.98 Å². The third kappa shape index (κ3) is 2.00. The van der Waals surface area contributed by atoms with Gasteiger partial charge in [0.15, 0.2) is 0 Å². The van der Waals surface area contributed by atoms with Gasteiger partial charge in [-0.2, -0.15) is 0 Å². The Morgan fingerprint density at radius 2 is 1.89 bits per heavy atom. The lowest BCUT2D eigenvalue weighted by atomic mass is 10.2. The quantitative estimate of drug-likeness (QED) is 0.780. The molecule has 0 aliphatic rings. The van der Waals surface area contributed by atoms with E-state index in [-0.39, 0.29) is 0 Å². The van der Waals surface area contributed by atoms with Crippen molar-refractivity contribution in [3.05, 3.63) is 47.5 Å². The molecule has 0 amide bonds. The summed E-state index contributed by atoms with van der Waals surface area (Å²) in [5.74, 6) is 1.23. The first-order valence-corrected chi connectivity index (χ1v) is 6.15. The van der Waals surface area contributed by atoms with Gasteiger partial charge in [0.25, 0.3) is 0 Å². The minimum absolute atomic E-state index is 0.433. The molecule has 3 rings (SSSR count). The van der Waals surface area contributed by atoms with Gasteiger partial charge >= 0.3 is 0 Å². The van der Waals surface area contributed by atoms with Crippen LogP contribution in [0.25, 0.3) is 16.7 Å². The number of nitrogens with zero attached hydrogens (tertiary/aromatic N) is 2. The van der Waals surface area contributed by atoms with Crippen molar-refractivity contribution in [1.82, 2.24) is 9.55 Å². The van der Waals surface area contributed by atoms with Crippen LogP contribution in [0.3, 0.4) is 0 Å². The van der Waals surface area contributed by atoms with Crippen LogP contribution < -0.4 is 10.5 Å². The van der Waals surface area contributed by atoms with Gasteiger partial charge < -0.3 is 10.5 Å². The van der Waals surface area contributed by atoms with Gasteiger partial charge in [-0.25, -0.2) is 4.98 Å². The minimum atomic E-state index is 0.433. The number of nitrogens with two attached hydrogens (primary N) is 1. The van der Waals surface area contributed by atoms with Crippen LogP contribution in [0.4, 0.5) is 5.95 Å². The minimum Gasteiger partial charge on any atom is -0.497 e. The molecular weight excluding hydrogens is 262 g/mol. The summed E-state index contributed by atoms with van der Waals surface area (Å²) in [6, 6.07) is 13.1. The monoisotopic (exact) mass is 273 g/mol. The SMILES string of the molecule is COc1ccc(-n2c(N)nc3ccc(Cl)cc32)cc1. The zero-order chi connectivity index (χ0) is 13.4. The molecule has 1 heterocycles. The number of aromatic nitrogens is 2. The Labute approximate surface area is 115 Å². The zero-order valence-corrected chi connectivity index (χ0v) is 11.1. The molecule has 19 heavy (non-hydrogen) atoms. The number of methoxy groups -OCH3 is 1. The summed E-state index contributed by atoms with van der Waals surface area (Å²) in [5, 5.41) is 0.655. The molecule has 0 saturated heterocycles. The molecule has 2 N–H and O–H groups in total. The van der Waals surface area contributed by atoms with Crippen molar-refractivity contribution in [2.24, 2.45) is 0 Å². The number of anilines is 1. The van der Waals surface area contributed by atoms with Gasteiger partial charge in [-0.15, -0.1) is 0 Å². The van der Waals surface area contributed by atoms with Gasteiger partial charge in [0.1, 0.15) is 5.75 Å². The molecule has 0 atom stereocenters. The molecule has 0 bridgehead atoms. The van der Waals surface area contributed by atoms with Crippen molar-refractivity contribution in [2.75, 3.05) is 12.8 Å². The highest BCUT2D eigenvalue weighted by atomic mass is 35.5. The van der Waals surface area contributed by atoms with E-state index in [0.717, 1.165) is 22.5 Å². The van der Waals surface area contributed by atoms with Gasteiger partial charge in [-0.3, -0.25) is 4.57 Å². The fourth-order valence-electron chi connectivity index (χ4n) is 2.07. The van der Waals surface area contributed by atoms with Crippen molar-refractivity contribution in [3.8, 4) is 11.4 Å². The summed E-state index contributed by atoms with van der Waals surface area (Å²) in [7, 11) is 1.63. The number of ether oxygens (including phenoxy) is 1. The highest BCUT2D eigenvalue weighted by Crippen LogP contribution is 2.26. The number of nitrogen functional groups attached to an aromatic ring is 1. The van der Waals surface area contributed by atoms with E-state index in [4.69, 9.17) is 22.1 Å². The van der Waals surface area contributed by atoms with Crippen LogP contribution in [0.1, 0.15) is 0 Å². The number of hydrogen-bond donors (Lipinski definition) is 1. The molecule has 1 aromatic heterocycles. The summed E-state index contributed by atoms with van der Waals surface area (Å²) in [6.07, 6.45) is 0. The lowest BCUT2D eigenvalue weighted by molar-refractivity contribution is 0.415. The average molecular weight is 274 g/mol. The van der Waals surface area contributed by atoms with Gasteiger partial charge in [-0.1, -0.05) is 11.6 Å². The largest absolute Gasteiger partial charge is 0.497 e. The Morgan fingerprint density at radius 3 is 2.58 bits per heavy atom. The third-order valence-electron chi connectivity index (χ3n) is 2.97. The molecule has 0 spiro atoms. The molecule has 0 radical (unpaired) electrons. The maximum absolute atomic E-state index is 6.03. The van der Waals surface area contributed by atoms with Crippen LogP contribution in [0.2, 0.25) is 5.02 Å². The number of hydrogen-bond acceptors (Lipinski definition) is 3. The molecule has 2 aromatic carbocycles. The highest BCUT2D eigenvalue weighted by Gasteiger charge is 2.10. The highest BCUT2D eigenvalue weighted by molar-refractivity contribution is 6.31. The Bertz CT molecular complexity index is 734. The molecule has 5 heteroatoms. The molecule has 3 aromatic rings. The number of imidazole rings is 1. The Morgan fingerprint density at radius 1 is 1.16 bits per heavy atom. The summed E-state index contributed by atoms with van der Waals surface area (Å²) < 4.78 is 7.01. The zero-order valence-electron chi connectivity index (χ0n) is 10.3. The fourth-order valence-corrected chi connectivity index (χ4v) is 2.24. The maximum Gasteiger partial charge on any atom is 0.205 e. The molecule has 0 unspecified atom stereocenters. The molecular formula is C14H12ClN3O. The third-order valence-corrected chi connectivity index (χ3v) is 3.21. The first-order valence-electron chi connectivity index (χ1n) is 5.77. The van der Waals surface area contributed by atoms with Crippen molar-refractivity contribution < 1.29 is 4.74 Å². The van der Waals surface area contributed by atoms with Gasteiger partial charge in [-0.05, 0) is 42.5 Å². The smallest absolute Gasteiger partial charge is 0.205 e. The summed E-state index contributed by atoms with van der Waals surface area (Å²) >= 11 is 6.03. The van der Waals surface area contributed by atoms with Crippen molar-refractivity contribution >= 4 is 28.6 Å². The number of benzene rings is 2. The van der Waals surface area contributed by atoms with E-state index in [1.807, 2.05) is 41.0 Å².